The molecule has 1 aromatic rings. The summed E-state index contributed by atoms with van der Waals surface area (Å²) in [7, 11) is 4.05. The van der Waals surface area contributed by atoms with E-state index in [1.807, 2.05) is 25.1 Å². The first-order valence-corrected chi connectivity index (χ1v) is 8.26. The molecule has 3 rings (SSSR count). The molecule has 2 aliphatic heterocycles. The van der Waals surface area contributed by atoms with Crippen molar-refractivity contribution in [1.82, 2.24) is 14.8 Å². The number of amides is 1. The van der Waals surface area contributed by atoms with Crippen molar-refractivity contribution in [2.45, 2.75) is 31.1 Å². The third-order valence-electron chi connectivity index (χ3n) is 4.52. The number of pyridine rings is 1. The highest BCUT2D eigenvalue weighted by Gasteiger charge is 2.46. The minimum absolute atomic E-state index is 0.00784. The van der Waals surface area contributed by atoms with Gasteiger partial charge in [0.15, 0.2) is 0 Å². The van der Waals surface area contributed by atoms with E-state index in [9.17, 15) is 4.79 Å². The Labute approximate surface area is 137 Å². The molecule has 0 unspecified atom stereocenters. The van der Waals surface area contributed by atoms with E-state index in [4.69, 9.17) is 9.47 Å². The predicted molar refractivity (Wildman–Crippen MR) is 86.3 cm³/mol. The summed E-state index contributed by atoms with van der Waals surface area (Å²) < 4.78 is 12.0. The number of hydrogen-bond donors (Lipinski definition) is 0. The average Bonchev–Trinajstić information content (AvgIpc) is 2.94. The molecule has 2 saturated heterocycles. The third kappa shape index (κ3) is 3.71. The number of hydrogen-bond acceptors (Lipinski definition) is 5. The monoisotopic (exact) mass is 319 g/mol. The Morgan fingerprint density at radius 1 is 1.52 bits per heavy atom. The molecule has 0 N–H and O–H groups in total. The second-order valence-corrected chi connectivity index (χ2v) is 6.46. The summed E-state index contributed by atoms with van der Waals surface area (Å²) in [6.07, 6.45) is 5.22. The lowest BCUT2D eigenvalue weighted by molar-refractivity contribution is -0.0776. The fraction of sp³-hybridized carbons (Fsp3) is 0.647. The molecule has 1 amide bonds. The Balaban J connectivity index is 1.69. The lowest BCUT2D eigenvalue weighted by atomic mass is 10.0. The van der Waals surface area contributed by atoms with E-state index in [-0.39, 0.29) is 24.2 Å². The van der Waals surface area contributed by atoms with Gasteiger partial charge < -0.3 is 19.3 Å². The second-order valence-electron chi connectivity index (χ2n) is 6.46. The van der Waals surface area contributed by atoms with E-state index in [0.717, 1.165) is 26.0 Å². The van der Waals surface area contributed by atoms with Crippen molar-refractivity contribution in [3.63, 3.8) is 0 Å². The van der Waals surface area contributed by atoms with Gasteiger partial charge in [-0.3, -0.25) is 9.78 Å². The molecule has 0 bridgehead atoms. The van der Waals surface area contributed by atoms with Gasteiger partial charge in [0.25, 0.3) is 5.91 Å². The molecule has 6 nitrogen and oxygen atoms in total. The molecule has 3 atom stereocenters. The highest BCUT2D eigenvalue weighted by molar-refractivity contribution is 5.94. The van der Waals surface area contributed by atoms with Gasteiger partial charge >= 0.3 is 0 Å². The molecule has 23 heavy (non-hydrogen) atoms. The molecular formula is C17H25N3O3. The molecule has 2 aliphatic rings. The van der Waals surface area contributed by atoms with Crippen molar-refractivity contribution in [3.8, 4) is 0 Å². The number of carbonyl (C=O) groups is 1. The molecule has 0 aromatic carbocycles. The van der Waals surface area contributed by atoms with Gasteiger partial charge in [-0.2, -0.15) is 0 Å². The largest absolute Gasteiger partial charge is 0.373 e. The molecule has 0 spiro atoms. The number of ether oxygens (including phenoxy) is 2. The molecular weight excluding hydrogens is 294 g/mol. The Morgan fingerprint density at radius 3 is 3.13 bits per heavy atom. The van der Waals surface area contributed by atoms with Gasteiger partial charge in [0.05, 0.1) is 24.8 Å². The van der Waals surface area contributed by atoms with Crippen LogP contribution in [-0.2, 0) is 9.47 Å². The molecule has 0 radical (unpaired) electrons. The lowest BCUT2D eigenvalue weighted by Gasteiger charge is -2.32. The van der Waals surface area contributed by atoms with Crippen LogP contribution < -0.4 is 0 Å². The Bertz CT molecular complexity index is 523. The van der Waals surface area contributed by atoms with Crippen molar-refractivity contribution in [2.24, 2.45) is 0 Å². The summed E-state index contributed by atoms with van der Waals surface area (Å²) in [5.74, 6) is 0.0253. The summed E-state index contributed by atoms with van der Waals surface area (Å²) in [6, 6.07) is 3.72. The van der Waals surface area contributed by atoms with Crippen molar-refractivity contribution in [1.29, 1.82) is 0 Å². The van der Waals surface area contributed by atoms with E-state index in [1.54, 1.807) is 18.5 Å². The summed E-state index contributed by atoms with van der Waals surface area (Å²) in [5.41, 5.74) is 0.630. The van der Waals surface area contributed by atoms with Crippen LogP contribution in [0.3, 0.4) is 0 Å². The maximum atomic E-state index is 12.8. The molecule has 1 aromatic heterocycles. The van der Waals surface area contributed by atoms with Gasteiger partial charge in [-0.1, -0.05) is 0 Å². The predicted octanol–water partition coefficient (Wildman–Crippen LogP) is 1.03. The van der Waals surface area contributed by atoms with Gasteiger partial charge in [-0.15, -0.1) is 0 Å². The number of carbonyl (C=O) groups excluding carboxylic acids is 1. The SMILES string of the molecule is CN(C)CCO[C@H]1CN(C(=O)c2cccnc2)[C@@H]2CCCO[C@H]12. The van der Waals surface area contributed by atoms with E-state index in [0.29, 0.717) is 18.7 Å². The minimum atomic E-state index is -0.0409. The summed E-state index contributed by atoms with van der Waals surface area (Å²) in [4.78, 5) is 20.9. The molecule has 0 saturated carbocycles. The normalized spacial score (nSPS) is 27.3. The Morgan fingerprint density at radius 2 is 2.39 bits per heavy atom. The smallest absolute Gasteiger partial charge is 0.255 e. The molecule has 3 heterocycles. The van der Waals surface area contributed by atoms with Crippen LogP contribution in [0, 0.1) is 0 Å². The van der Waals surface area contributed by atoms with Gasteiger partial charge in [-0.05, 0) is 39.1 Å². The number of fused-ring (bicyclic) bond motifs is 1. The third-order valence-corrected chi connectivity index (χ3v) is 4.52. The highest BCUT2D eigenvalue weighted by atomic mass is 16.5. The Hall–Kier alpha value is -1.50. The van der Waals surface area contributed by atoms with Gasteiger partial charge in [0.1, 0.15) is 12.2 Å². The number of likely N-dealkylation sites (N-methyl/N-ethyl adjacent to an activating group) is 1. The van der Waals surface area contributed by atoms with E-state index in [1.165, 1.54) is 0 Å². The average molecular weight is 319 g/mol. The topological polar surface area (TPSA) is 54.9 Å². The van der Waals surface area contributed by atoms with Gasteiger partial charge in [-0.25, -0.2) is 0 Å². The zero-order valence-corrected chi connectivity index (χ0v) is 13.9. The zero-order chi connectivity index (χ0) is 16.2. The van der Waals surface area contributed by atoms with E-state index >= 15 is 0 Å². The number of nitrogens with zero attached hydrogens (tertiary/aromatic N) is 3. The fourth-order valence-electron chi connectivity index (χ4n) is 3.33. The Kier molecular flexibility index (Phi) is 5.25. The zero-order valence-electron chi connectivity index (χ0n) is 13.9. The summed E-state index contributed by atoms with van der Waals surface area (Å²) in [5, 5.41) is 0. The van der Waals surface area contributed by atoms with Gasteiger partial charge in [0, 0.05) is 25.5 Å². The first kappa shape index (κ1) is 16.4. The maximum absolute atomic E-state index is 12.8. The van der Waals surface area contributed by atoms with E-state index in [2.05, 4.69) is 9.88 Å². The summed E-state index contributed by atoms with van der Waals surface area (Å²) in [6.45, 7) is 2.86. The molecule has 0 aliphatic carbocycles. The van der Waals surface area contributed by atoms with Crippen LogP contribution in [0.1, 0.15) is 23.2 Å². The first-order chi connectivity index (χ1) is 11.2. The van der Waals surface area contributed by atoms with E-state index < -0.39 is 0 Å². The highest BCUT2D eigenvalue weighted by Crippen LogP contribution is 2.31. The molecule has 126 valence electrons. The van der Waals surface area contributed by atoms with Crippen LogP contribution in [0.15, 0.2) is 24.5 Å². The second kappa shape index (κ2) is 7.38. The molecule has 6 heteroatoms. The standard InChI is InChI=1S/C17H25N3O3/c1-19(2)8-10-22-15-12-20(14-6-4-9-23-16(14)15)17(21)13-5-3-7-18-11-13/h3,5,7,11,14-16H,4,6,8-10,12H2,1-2H3/t14-,15+,16+/m1/s1. The lowest BCUT2D eigenvalue weighted by Crippen LogP contribution is -2.44. The van der Waals surface area contributed by atoms with Crippen molar-refractivity contribution >= 4 is 5.91 Å². The van der Waals surface area contributed by atoms with Crippen molar-refractivity contribution in [2.75, 3.05) is 40.4 Å². The van der Waals surface area contributed by atoms with Gasteiger partial charge in [0.2, 0.25) is 0 Å². The number of rotatable bonds is 5. The molecule has 2 fully saturated rings. The quantitative estimate of drug-likeness (QED) is 0.811. The van der Waals surface area contributed by atoms with Crippen molar-refractivity contribution < 1.29 is 14.3 Å². The van der Waals surface area contributed by atoms with Crippen molar-refractivity contribution in [3.05, 3.63) is 30.1 Å². The fourth-order valence-corrected chi connectivity index (χ4v) is 3.33. The van der Waals surface area contributed by atoms with Crippen LogP contribution >= 0.6 is 0 Å². The number of likely N-dealkylation sites (tertiary alicyclic amines) is 1. The summed E-state index contributed by atoms with van der Waals surface area (Å²) >= 11 is 0. The number of aromatic nitrogens is 1. The van der Waals surface area contributed by atoms with Crippen LogP contribution in [-0.4, -0.2) is 79.3 Å². The van der Waals surface area contributed by atoms with Crippen LogP contribution in [0.2, 0.25) is 0 Å². The minimum Gasteiger partial charge on any atom is -0.373 e. The van der Waals surface area contributed by atoms with Crippen LogP contribution in [0.25, 0.3) is 0 Å². The van der Waals surface area contributed by atoms with Crippen LogP contribution in [0.5, 0.6) is 0 Å². The maximum Gasteiger partial charge on any atom is 0.255 e. The first-order valence-electron chi connectivity index (χ1n) is 8.26. The van der Waals surface area contributed by atoms with Crippen LogP contribution in [0.4, 0.5) is 0 Å².